The molecule has 1 aromatic heterocycles. The molecule has 1 aromatic carbocycles. The minimum Gasteiger partial charge on any atom is -0.484 e. The number of nitrogens with two attached hydrogens (primary N) is 1. The minimum atomic E-state index is 0.0170. The predicted octanol–water partition coefficient (Wildman–Crippen LogP) is 3.05. The van der Waals surface area contributed by atoms with E-state index in [2.05, 4.69) is 28.6 Å². The molecule has 1 saturated carbocycles. The zero-order valence-corrected chi connectivity index (χ0v) is 11.6. The number of aryl methyl sites for hydroxylation is 1. The Hall–Kier alpha value is -1.81. The second-order valence-corrected chi connectivity index (χ2v) is 5.95. The standard InChI is InChI=1S/C16H19N3O/c1-10-2-5-15-12(6-10)13(17)7-16(20-15)14-8-18-9-19(14)11-3-4-11/h2,5-6,8-9,11,13,16H,3-4,7,17H2,1H3. The van der Waals surface area contributed by atoms with Crippen molar-refractivity contribution in [3.8, 4) is 5.75 Å². The first kappa shape index (κ1) is 12.0. The van der Waals surface area contributed by atoms with Crippen LogP contribution in [-0.2, 0) is 0 Å². The maximum absolute atomic E-state index is 6.34. The summed E-state index contributed by atoms with van der Waals surface area (Å²) in [4.78, 5) is 4.30. The normalized spacial score (nSPS) is 25.1. The molecule has 2 N–H and O–H groups in total. The molecule has 0 spiro atoms. The molecule has 104 valence electrons. The smallest absolute Gasteiger partial charge is 0.142 e. The second kappa shape index (κ2) is 4.35. The Balaban J connectivity index is 1.68. The first-order valence-corrected chi connectivity index (χ1v) is 7.27. The van der Waals surface area contributed by atoms with Crippen molar-refractivity contribution in [1.82, 2.24) is 9.55 Å². The minimum absolute atomic E-state index is 0.0170. The molecule has 0 amide bonds. The monoisotopic (exact) mass is 269 g/mol. The zero-order chi connectivity index (χ0) is 13.7. The fourth-order valence-corrected chi connectivity index (χ4v) is 3.03. The van der Waals surface area contributed by atoms with E-state index in [1.54, 1.807) is 0 Å². The lowest BCUT2D eigenvalue weighted by atomic mass is 9.94. The van der Waals surface area contributed by atoms with Gasteiger partial charge >= 0.3 is 0 Å². The van der Waals surface area contributed by atoms with Crippen molar-refractivity contribution in [3.63, 3.8) is 0 Å². The van der Waals surface area contributed by atoms with Crippen LogP contribution in [0.3, 0.4) is 0 Å². The van der Waals surface area contributed by atoms with Crippen LogP contribution < -0.4 is 10.5 Å². The van der Waals surface area contributed by atoms with E-state index in [0.29, 0.717) is 6.04 Å². The van der Waals surface area contributed by atoms with Crippen LogP contribution in [0, 0.1) is 6.92 Å². The molecule has 4 heteroatoms. The first-order valence-electron chi connectivity index (χ1n) is 7.27. The molecule has 4 nitrogen and oxygen atoms in total. The Morgan fingerprint density at radius 1 is 1.35 bits per heavy atom. The molecule has 20 heavy (non-hydrogen) atoms. The van der Waals surface area contributed by atoms with Gasteiger partial charge < -0.3 is 15.0 Å². The van der Waals surface area contributed by atoms with Gasteiger partial charge in [-0.2, -0.15) is 0 Å². The maximum Gasteiger partial charge on any atom is 0.142 e. The number of hydrogen-bond acceptors (Lipinski definition) is 3. The number of imidazole rings is 1. The number of fused-ring (bicyclic) bond motifs is 1. The number of hydrogen-bond donors (Lipinski definition) is 1. The van der Waals surface area contributed by atoms with Gasteiger partial charge in [-0.3, -0.25) is 0 Å². The Morgan fingerprint density at radius 3 is 3.00 bits per heavy atom. The molecule has 1 fully saturated rings. The highest BCUT2D eigenvalue weighted by atomic mass is 16.5. The van der Waals surface area contributed by atoms with Crippen molar-refractivity contribution in [1.29, 1.82) is 0 Å². The summed E-state index contributed by atoms with van der Waals surface area (Å²) >= 11 is 0. The van der Waals surface area contributed by atoms with Gasteiger partial charge in [-0.05, 0) is 25.8 Å². The van der Waals surface area contributed by atoms with Gasteiger partial charge in [0, 0.05) is 24.1 Å². The summed E-state index contributed by atoms with van der Waals surface area (Å²) in [5.74, 6) is 0.919. The average Bonchev–Trinajstić information content (AvgIpc) is 3.17. The van der Waals surface area contributed by atoms with Crippen LogP contribution in [0.25, 0.3) is 0 Å². The van der Waals surface area contributed by atoms with E-state index < -0.39 is 0 Å². The number of ether oxygens (including phenoxy) is 1. The van der Waals surface area contributed by atoms with Crippen LogP contribution in [0.2, 0.25) is 0 Å². The largest absolute Gasteiger partial charge is 0.484 e. The van der Waals surface area contributed by atoms with Gasteiger partial charge in [0.1, 0.15) is 11.9 Å². The van der Waals surface area contributed by atoms with E-state index in [9.17, 15) is 0 Å². The third-order valence-corrected chi connectivity index (χ3v) is 4.27. The number of rotatable bonds is 2. The van der Waals surface area contributed by atoms with Crippen LogP contribution in [0.4, 0.5) is 0 Å². The number of nitrogens with zero attached hydrogens (tertiary/aromatic N) is 2. The van der Waals surface area contributed by atoms with Crippen LogP contribution in [0.15, 0.2) is 30.7 Å². The Labute approximate surface area is 118 Å². The Bertz CT molecular complexity index is 645. The summed E-state index contributed by atoms with van der Waals surface area (Å²) in [7, 11) is 0. The molecule has 0 bridgehead atoms. The summed E-state index contributed by atoms with van der Waals surface area (Å²) < 4.78 is 8.44. The van der Waals surface area contributed by atoms with Crippen LogP contribution in [0.1, 0.15) is 54.3 Å². The van der Waals surface area contributed by atoms with Crippen molar-refractivity contribution in [3.05, 3.63) is 47.5 Å². The molecular weight excluding hydrogens is 250 g/mol. The van der Waals surface area contributed by atoms with Gasteiger partial charge in [0.05, 0.1) is 18.2 Å². The zero-order valence-electron chi connectivity index (χ0n) is 11.6. The van der Waals surface area contributed by atoms with Crippen molar-refractivity contribution >= 4 is 0 Å². The molecule has 2 heterocycles. The van der Waals surface area contributed by atoms with Gasteiger partial charge in [0.2, 0.25) is 0 Å². The summed E-state index contributed by atoms with van der Waals surface area (Å²) in [6.45, 7) is 2.08. The SMILES string of the molecule is Cc1ccc2c(c1)C(N)CC(c1cncn1C1CC1)O2. The van der Waals surface area contributed by atoms with Gasteiger partial charge in [-0.25, -0.2) is 4.98 Å². The predicted molar refractivity (Wildman–Crippen MR) is 76.6 cm³/mol. The average molecular weight is 269 g/mol. The van der Waals surface area contributed by atoms with Gasteiger partial charge in [0.25, 0.3) is 0 Å². The molecule has 1 aliphatic heterocycles. The van der Waals surface area contributed by atoms with Gasteiger partial charge in [-0.15, -0.1) is 0 Å². The molecule has 1 aliphatic carbocycles. The molecule has 2 aromatic rings. The van der Waals surface area contributed by atoms with Crippen molar-refractivity contribution in [2.24, 2.45) is 5.73 Å². The van der Waals surface area contributed by atoms with Crippen molar-refractivity contribution < 1.29 is 4.74 Å². The Morgan fingerprint density at radius 2 is 2.20 bits per heavy atom. The van der Waals surface area contributed by atoms with E-state index in [1.165, 1.54) is 18.4 Å². The summed E-state index contributed by atoms with van der Waals surface area (Å²) in [6, 6.07) is 6.90. The number of aromatic nitrogens is 2. The fraction of sp³-hybridized carbons (Fsp3) is 0.438. The van der Waals surface area contributed by atoms with Crippen molar-refractivity contribution in [2.45, 2.75) is 44.4 Å². The van der Waals surface area contributed by atoms with E-state index in [1.807, 2.05) is 18.6 Å². The molecule has 2 aliphatic rings. The molecule has 0 radical (unpaired) electrons. The third kappa shape index (κ3) is 1.91. The second-order valence-electron chi connectivity index (χ2n) is 5.95. The van der Waals surface area contributed by atoms with E-state index in [4.69, 9.17) is 10.5 Å². The fourth-order valence-electron chi connectivity index (χ4n) is 3.03. The van der Waals surface area contributed by atoms with Crippen LogP contribution >= 0.6 is 0 Å². The lowest BCUT2D eigenvalue weighted by molar-refractivity contribution is 0.153. The summed E-state index contributed by atoms with van der Waals surface area (Å²) in [5.41, 5.74) is 9.86. The highest BCUT2D eigenvalue weighted by Gasteiger charge is 2.32. The maximum atomic E-state index is 6.34. The summed E-state index contributed by atoms with van der Waals surface area (Å²) in [6.07, 6.45) is 7.18. The van der Waals surface area contributed by atoms with Crippen LogP contribution in [0.5, 0.6) is 5.75 Å². The lowest BCUT2D eigenvalue weighted by Gasteiger charge is -2.31. The van der Waals surface area contributed by atoms with Crippen molar-refractivity contribution in [2.75, 3.05) is 0 Å². The lowest BCUT2D eigenvalue weighted by Crippen LogP contribution is -2.25. The highest BCUT2D eigenvalue weighted by Crippen LogP contribution is 2.43. The quantitative estimate of drug-likeness (QED) is 0.911. The van der Waals surface area contributed by atoms with Gasteiger partial charge in [0.15, 0.2) is 0 Å². The molecular formula is C16H19N3O. The van der Waals surface area contributed by atoms with E-state index in [0.717, 1.165) is 23.4 Å². The highest BCUT2D eigenvalue weighted by molar-refractivity contribution is 5.41. The number of benzene rings is 1. The van der Waals surface area contributed by atoms with E-state index in [-0.39, 0.29) is 12.1 Å². The van der Waals surface area contributed by atoms with Crippen LogP contribution in [-0.4, -0.2) is 9.55 Å². The molecule has 2 unspecified atom stereocenters. The molecule has 2 atom stereocenters. The topological polar surface area (TPSA) is 53.1 Å². The van der Waals surface area contributed by atoms with Gasteiger partial charge in [-0.1, -0.05) is 17.7 Å². The van der Waals surface area contributed by atoms with E-state index >= 15 is 0 Å². The Kier molecular flexibility index (Phi) is 2.60. The third-order valence-electron chi connectivity index (χ3n) is 4.27. The first-order chi connectivity index (χ1) is 9.72. The summed E-state index contributed by atoms with van der Waals surface area (Å²) in [5, 5.41) is 0. The molecule has 4 rings (SSSR count). The molecule has 0 saturated heterocycles.